The summed E-state index contributed by atoms with van der Waals surface area (Å²) in [5.74, 6) is 0. The lowest BCUT2D eigenvalue weighted by molar-refractivity contribution is 0.851. The van der Waals surface area contributed by atoms with E-state index in [0.29, 0.717) is 0 Å². The quantitative estimate of drug-likeness (QED) is 0.620. The van der Waals surface area contributed by atoms with Gasteiger partial charge in [-0.15, -0.1) is 11.3 Å². The predicted octanol–water partition coefficient (Wildman–Crippen LogP) is 3.27. The summed E-state index contributed by atoms with van der Waals surface area (Å²) in [6.45, 7) is 0.982. The zero-order chi connectivity index (χ0) is 9.38. The maximum atomic E-state index is 4.39. The molecule has 70 valence electrons. The maximum Gasteiger partial charge on any atom is 0.0493 e. The molecule has 1 aromatic heterocycles. The first kappa shape index (κ1) is 8.18. The summed E-state index contributed by atoms with van der Waals surface area (Å²) in [6.07, 6.45) is 4.41. The van der Waals surface area contributed by atoms with Gasteiger partial charge in [0.2, 0.25) is 0 Å². The van der Waals surface area contributed by atoms with E-state index in [9.17, 15) is 0 Å². The molecular weight excluding hydrogens is 190 g/mol. The number of aliphatic imine (C=N–C) groups is 1. The lowest BCUT2D eigenvalue weighted by Crippen LogP contribution is -1.85. The third-order valence-corrected chi connectivity index (χ3v) is 3.80. The van der Waals surface area contributed by atoms with Gasteiger partial charge in [-0.05, 0) is 29.9 Å². The summed E-state index contributed by atoms with van der Waals surface area (Å²) in [5, 5.41) is 1.43. The Kier molecular flexibility index (Phi) is 1.88. The number of rotatable bonds is 0. The molecule has 0 amide bonds. The number of thiophene rings is 1. The molecule has 1 aliphatic rings. The highest BCUT2D eigenvalue weighted by atomic mass is 32.1. The zero-order valence-corrected chi connectivity index (χ0v) is 8.68. The number of hydrogen-bond donors (Lipinski definition) is 0. The molecule has 1 nitrogen and oxygen atoms in total. The van der Waals surface area contributed by atoms with Crippen molar-refractivity contribution in [3.05, 3.63) is 34.7 Å². The number of fused-ring (bicyclic) bond motifs is 3. The molecule has 0 radical (unpaired) electrons. The molecule has 0 N–H and O–H groups in total. The minimum atomic E-state index is 0.982. The van der Waals surface area contributed by atoms with Gasteiger partial charge in [0, 0.05) is 22.3 Å². The van der Waals surface area contributed by atoms with Crippen molar-refractivity contribution in [3.63, 3.8) is 0 Å². The lowest BCUT2D eigenvalue weighted by atomic mass is 10.1. The van der Waals surface area contributed by atoms with Crippen molar-refractivity contribution in [2.45, 2.75) is 12.8 Å². The third kappa shape index (κ3) is 1.18. The first-order valence-electron chi connectivity index (χ1n) is 4.95. The van der Waals surface area contributed by atoms with E-state index in [1.807, 2.05) is 17.6 Å². The van der Waals surface area contributed by atoms with Crippen molar-refractivity contribution in [1.82, 2.24) is 0 Å². The van der Waals surface area contributed by atoms with Gasteiger partial charge in [0.15, 0.2) is 0 Å². The van der Waals surface area contributed by atoms with Crippen LogP contribution in [0.2, 0.25) is 0 Å². The molecule has 3 rings (SSSR count). The van der Waals surface area contributed by atoms with Crippen LogP contribution in [-0.2, 0) is 6.42 Å². The molecule has 0 fully saturated rings. The van der Waals surface area contributed by atoms with E-state index >= 15 is 0 Å². The van der Waals surface area contributed by atoms with E-state index in [2.05, 4.69) is 29.3 Å². The Hall–Kier alpha value is -1.15. The highest BCUT2D eigenvalue weighted by molar-refractivity contribution is 7.20. The monoisotopic (exact) mass is 201 g/mol. The van der Waals surface area contributed by atoms with Gasteiger partial charge in [0.1, 0.15) is 0 Å². The highest BCUT2D eigenvalue weighted by Crippen LogP contribution is 2.31. The molecule has 0 aliphatic carbocycles. The molecule has 2 heterocycles. The molecule has 0 saturated heterocycles. The molecule has 0 unspecified atom stereocenters. The van der Waals surface area contributed by atoms with E-state index in [1.165, 1.54) is 33.4 Å². The van der Waals surface area contributed by atoms with Crippen molar-refractivity contribution in [3.8, 4) is 0 Å². The molecular formula is C12H11NS. The number of nitrogens with zero attached hydrogens (tertiary/aromatic N) is 1. The van der Waals surface area contributed by atoms with Crippen molar-refractivity contribution >= 4 is 27.6 Å². The fourth-order valence-corrected chi connectivity index (χ4v) is 3.12. The molecule has 0 atom stereocenters. The summed E-state index contributed by atoms with van der Waals surface area (Å²) in [4.78, 5) is 5.76. The van der Waals surface area contributed by atoms with E-state index in [0.717, 1.165) is 6.54 Å². The van der Waals surface area contributed by atoms with Crippen LogP contribution in [0.25, 0.3) is 10.1 Å². The zero-order valence-electron chi connectivity index (χ0n) is 7.86. The second kappa shape index (κ2) is 3.21. The maximum absolute atomic E-state index is 4.39. The molecule has 1 aromatic carbocycles. The molecule has 2 aromatic rings. The second-order valence-corrected chi connectivity index (χ2v) is 4.66. The van der Waals surface area contributed by atoms with Crippen molar-refractivity contribution in [1.29, 1.82) is 0 Å². The van der Waals surface area contributed by atoms with Crippen LogP contribution in [0, 0.1) is 0 Å². The molecule has 0 spiro atoms. The standard InChI is InChI=1S/C12H11NS/c1-2-6-11-9(4-1)10-5-3-7-13-8-12(10)14-11/h1-2,4,6,8H,3,5,7H2. The Morgan fingerprint density at radius 1 is 1.21 bits per heavy atom. The van der Waals surface area contributed by atoms with E-state index in [4.69, 9.17) is 0 Å². The number of hydrogen-bond acceptors (Lipinski definition) is 2. The Bertz CT molecular complexity index is 496. The van der Waals surface area contributed by atoms with Crippen LogP contribution in [0.15, 0.2) is 29.3 Å². The van der Waals surface area contributed by atoms with Crippen LogP contribution >= 0.6 is 11.3 Å². The molecule has 2 heteroatoms. The largest absolute Gasteiger partial charge is 0.292 e. The third-order valence-electron chi connectivity index (χ3n) is 2.65. The summed E-state index contributed by atoms with van der Waals surface area (Å²) >= 11 is 1.86. The predicted molar refractivity (Wildman–Crippen MR) is 62.6 cm³/mol. The van der Waals surface area contributed by atoms with Gasteiger partial charge >= 0.3 is 0 Å². The topological polar surface area (TPSA) is 12.4 Å². The normalized spacial score (nSPS) is 15.4. The van der Waals surface area contributed by atoms with Gasteiger partial charge < -0.3 is 0 Å². The first-order chi connectivity index (χ1) is 6.95. The van der Waals surface area contributed by atoms with Crippen LogP contribution in [0.5, 0.6) is 0 Å². The summed E-state index contributed by atoms with van der Waals surface area (Å²) in [6, 6.07) is 8.65. The Morgan fingerprint density at radius 2 is 2.14 bits per heavy atom. The smallest absolute Gasteiger partial charge is 0.0493 e. The second-order valence-electron chi connectivity index (χ2n) is 3.58. The summed E-state index contributed by atoms with van der Waals surface area (Å²) in [7, 11) is 0. The lowest BCUT2D eigenvalue weighted by Gasteiger charge is -1.96. The van der Waals surface area contributed by atoms with Crippen LogP contribution in [0.3, 0.4) is 0 Å². The van der Waals surface area contributed by atoms with E-state index < -0.39 is 0 Å². The Balaban J connectivity index is 2.33. The Labute approximate surface area is 87.1 Å². The molecule has 0 bridgehead atoms. The Morgan fingerprint density at radius 3 is 3.14 bits per heavy atom. The SMILES string of the molecule is C1=NCCCc2c1sc1ccccc21. The minimum absolute atomic E-state index is 0.982. The summed E-state index contributed by atoms with van der Waals surface area (Å²) < 4.78 is 1.39. The van der Waals surface area contributed by atoms with E-state index in [1.54, 1.807) is 0 Å². The van der Waals surface area contributed by atoms with Gasteiger partial charge in [-0.25, -0.2) is 0 Å². The van der Waals surface area contributed by atoms with Crippen LogP contribution in [-0.4, -0.2) is 12.8 Å². The van der Waals surface area contributed by atoms with Gasteiger partial charge in [-0.3, -0.25) is 4.99 Å². The van der Waals surface area contributed by atoms with Gasteiger partial charge in [-0.2, -0.15) is 0 Å². The number of aryl methyl sites for hydroxylation is 1. The van der Waals surface area contributed by atoms with Crippen LogP contribution < -0.4 is 0 Å². The average Bonchev–Trinajstić information content (AvgIpc) is 2.42. The van der Waals surface area contributed by atoms with Crippen LogP contribution in [0.1, 0.15) is 16.9 Å². The molecule has 1 aliphatic heterocycles. The van der Waals surface area contributed by atoms with Gasteiger partial charge in [0.25, 0.3) is 0 Å². The van der Waals surface area contributed by atoms with Gasteiger partial charge in [0.05, 0.1) is 0 Å². The van der Waals surface area contributed by atoms with Crippen molar-refractivity contribution in [2.24, 2.45) is 4.99 Å². The fraction of sp³-hybridized carbons (Fsp3) is 0.250. The van der Waals surface area contributed by atoms with Crippen LogP contribution in [0.4, 0.5) is 0 Å². The minimum Gasteiger partial charge on any atom is -0.292 e. The first-order valence-corrected chi connectivity index (χ1v) is 5.77. The molecule has 14 heavy (non-hydrogen) atoms. The average molecular weight is 201 g/mol. The molecule has 0 saturated carbocycles. The highest BCUT2D eigenvalue weighted by Gasteiger charge is 2.11. The van der Waals surface area contributed by atoms with E-state index in [-0.39, 0.29) is 0 Å². The van der Waals surface area contributed by atoms with Crippen molar-refractivity contribution in [2.75, 3.05) is 6.54 Å². The number of benzene rings is 1. The van der Waals surface area contributed by atoms with Gasteiger partial charge in [-0.1, -0.05) is 18.2 Å². The summed E-state index contributed by atoms with van der Waals surface area (Å²) in [5.41, 5.74) is 1.51. The van der Waals surface area contributed by atoms with Crippen molar-refractivity contribution < 1.29 is 0 Å². The fourth-order valence-electron chi connectivity index (χ4n) is 1.97.